The predicted octanol–water partition coefficient (Wildman–Crippen LogP) is 7.58. The average molecular weight is 1010 g/mol. The summed E-state index contributed by atoms with van der Waals surface area (Å²) in [7, 11) is 1.52. The van der Waals surface area contributed by atoms with Crippen molar-refractivity contribution in [1.29, 1.82) is 0 Å². The number of hydrogen-bond donors (Lipinski definition) is 3. The Morgan fingerprint density at radius 2 is 1.44 bits per heavy atom. The lowest BCUT2D eigenvalue weighted by atomic mass is 9.95. The Hall–Kier alpha value is -6.95. The summed E-state index contributed by atoms with van der Waals surface area (Å²) in [6.07, 6.45) is -0.431. The van der Waals surface area contributed by atoms with Crippen molar-refractivity contribution < 1.29 is 38.6 Å². The van der Waals surface area contributed by atoms with E-state index in [1.54, 1.807) is 83.9 Å². The van der Waals surface area contributed by atoms with Gasteiger partial charge in [0.1, 0.15) is 35.2 Å². The minimum atomic E-state index is -1.32. The topological polar surface area (TPSA) is 184 Å². The van der Waals surface area contributed by atoms with Crippen molar-refractivity contribution >= 4 is 52.2 Å². The van der Waals surface area contributed by atoms with Crippen LogP contribution in [-0.2, 0) is 34.0 Å². The molecule has 15 nitrogen and oxygen atoms in total. The van der Waals surface area contributed by atoms with E-state index in [4.69, 9.17) is 9.47 Å². The maximum Gasteiger partial charge on any atom is 0.255 e. The number of fused-ring (bicyclic) bond motifs is 1. The first-order valence-corrected chi connectivity index (χ1v) is 25.8. The number of methoxy groups -OCH3 is 1. The molecule has 17 heteroatoms. The van der Waals surface area contributed by atoms with Gasteiger partial charge in [0.25, 0.3) is 11.8 Å². The van der Waals surface area contributed by atoms with Crippen molar-refractivity contribution in [3.8, 4) is 32.4 Å². The van der Waals surface area contributed by atoms with Gasteiger partial charge in [0.15, 0.2) is 0 Å². The van der Waals surface area contributed by atoms with E-state index in [1.807, 2.05) is 87.2 Å². The van der Waals surface area contributed by atoms with E-state index in [0.717, 1.165) is 43.4 Å². The Morgan fingerprint density at radius 1 is 0.819 bits per heavy atom. The SMILES string of the molecule is COc1cccc(C(=O)N2C[C@H](Oc3ccc4c(c3)C(=O)N([C@H](C(=O)N3C[C@@](C)(O)C[C@H]3C(=O)NCc3ccc(-c5scnc5C)cc3)C(C)C)C4)CC2(C)C(=O)NCc2ccc(-c3scnc3C)cc2)c1. The van der Waals surface area contributed by atoms with Gasteiger partial charge in [0, 0.05) is 43.6 Å². The lowest BCUT2D eigenvalue weighted by Gasteiger charge is -2.35. The molecule has 374 valence electrons. The summed E-state index contributed by atoms with van der Waals surface area (Å²) in [6, 6.07) is 25.9. The normalized spacial score (nSPS) is 21.0. The zero-order valence-electron chi connectivity index (χ0n) is 41.4. The predicted molar refractivity (Wildman–Crippen MR) is 275 cm³/mol. The van der Waals surface area contributed by atoms with E-state index in [-0.39, 0.29) is 75.1 Å². The summed E-state index contributed by atoms with van der Waals surface area (Å²) >= 11 is 3.14. The Labute approximate surface area is 427 Å². The number of aromatic nitrogens is 2. The Balaban J connectivity index is 0.884. The number of nitrogens with zero attached hydrogens (tertiary/aromatic N) is 5. The van der Waals surface area contributed by atoms with Crippen LogP contribution in [0.15, 0.2) is 102 Å². The average Bonchev–Trinajstić information content (AvgIpc) is 4.21. The van der Waals surface area contributed by atoms with Gasteiger partial charge in [-0.3, -0.25) is 24.0 Å². The number of amides is 5. The van der Waals surface area contributed by atoms with Gasteiger partial charge in [-0.2, -0.15) is 0 Å². The van der Waals surface area contributed by atoms with Crippen molar-refractivity contribution in [2.45, 2.75) is 103 Å². The van der Waals surface area contributed by atoms with E-state index >= 15 is 0 Å². The van der Waals surface area contributed by atoms with Crippen molar-refractivity contribution in [2.24, 2.45) is 5.92 Å². The molecule has 5 atom stereocenters. The number of nitrogens with one attached hydrogen (secondary N) is 2. The van der Waals surface area contributed by atoms with E-state index in [0.29, 0.717) is 28.2 Å². The highest BCUT2D eigenvalue weighted by Gasteiger charge is 2.52. The third kappa shape index (κ3) is 10.1. The van der Waals surface area contributed by atoms with Gasteiger partial charge >= 0.3 is 0 Å². The van der Waals surface area contributed by atoms with Crippen LogP contribution >= 0.6 is 22.7 Å². The maximum atomic E-state index is 14.7. The van der Waals surface area contributed by atoms with Gasteiger partial charge in [-0.15, -0.1) is 22.7 Å². The largest absolute Gasteiger partial charge is 0.497 e. The van der Waals surface area contributed by atoms with Crippen LogP contribution in [0.2, 0.25) is 0 Å². The molecular weight excluding hydrogens is 951 g/mol. The zero-order chi connectivity index (χ0) is 51.1. The summed E-state index contributed by atoms with van der Waals surface area (Å²) in [5.41, 5.74) is 8.17. The second kappa shape index (κ2) is 20.3. The number of benzene rings is 4. The molecule has 0 saturated carbocycles. The van der Waals surface area contributed by atoms with E-state index in [1.165, 1.54) is 16.9 Å². The fraction of sp³-hybridized carbons (Fsp3) is 0.364. The van der Waals surface area contributed by atoms with Crippen LogP contribution < -0.4 is 20.1 Å². The van der Waals surface area contributed by atoms with Crippen LogP contribution in [0.5, 0.6) is 11.5 Å². The summed E-state index contributed by atoms with van der Waals surface area (Å²) in [5, 5.41) is 17.3. The molecule has 6 aromatic rings. The Bertz CT molecular complexity index is 3020. The number of aliphatic hydroxyl groups is 1. The molecule has 0 aliphatic carbocycles. The van der Waals surface area contributed by atoms with Gasteiger partial charge in [-0.25, -0.2) is 9.97 Å². The number of rotatable bonds is 15. The molecule has 4 aromatic carbocycles. The molecule has 0 radical (unpaired) electrons. The summed E-state index contributed by atoms with van der Waals surface area (Å²) < 4.78 is 12.0. The van der Waals surface area contributed by atoms with E-state index in [2.05, 4.69) is 20.6 Å². The third-order valence-electron chi connectivity index (χ3n) is 14.0. The fourth-order valence-electron chi connectivity index (χ4n) is 10.2. The first kappa shape index (κ1) is 50.0. The fourth-order valence-corrected chi connectivity index (χ4v) is 11.8. The molecule has 1 unspecified atom stereocenters. The number of carbonyl (C=O) groups is 5. The van der Waals surface area contributed by atoms with Gasteiger partial charge in [0.05, 0.1) is 58.0 Å². The van der Waals surface area contributed by atoms with Crippen LogP contribution in [0.25, 0.3) is 20.9 Å². The summed E-state index contributed by atoms with van der Waals surface area (Å²) in [4.78, 5) is 87.0. The van der Waals surface area contributed by atoms with E-state index < -0.39 is 35.2 Å². The molecule has 9 rings (SSSR count). The van der Waals surface area contributed by atoms with Crippen LogP contribution in [0, 0.1) is 19.8 Å². The van der Waals surface area contributed by atoms with Crippen molar-refractivity contribution in [3.05, 3.63) is 141 Å². The number of thiazole rings is 2. The van der Waals surface area contributed by atoms with Crippen LogP contribution in [0.1, 0.15) is 89.3 Å². The third-order valence-corrected chi connectivity index (χ3v) is 16.0. The minimum Gasteiger partial charge on any atom is -0.497 e. The maximum absolute atomic E-state index is 14.7. The number of β-amino-alcohol motifs (C(OH)–C–C–N with tert-alkyl or cyclic N) is 1. The highest BCUT2D eigenvalue weighted by Crippen LogP contribution is 2.38. The molecule has 5 amide bonds. The molecule has 72 heavy (non-hydrogen) atoms. The summed E-state index contributed by atoms with van der Waals surface area (Å²) in [6.45, 7) is 11.6. The first-order valence-electron chi connectivity index (χ1n) is 24.1. The zero-order valence-corrected chi connectivity index (χ0v) is 43.1. The second-order valence-corrected chi connectivity index (χ2v) is 21.5. The molecule has 5 heterocycles. The second-order valence-electron chi connectivity index (χ2n) is 19.8. The lowest BCUT2D eigenvalue weighted by molar-refractivity contribution is -0.143. The van der Waals surface area contributed by atoms with Gasteiger partial charge in [0.2, 0.25) is 17.7 Å². The smallest absolute Gasteiger partial charge is 0.255 e. The molecule has 3 N–H and O–H groups in total. The monoisotopic (exact) mass is 1010 g/mol. The Morgan fingerprint density at radius 3 is 2.03 bits per heavy atom. The van der Waals surface area contributed by atoms with Crippen molar-refractivity contribution in [1.82, 2.24) is 35.3 Å². The van der Waals surface area contributed by atoms with Gasteiger partial charge < -0.3 is 39.9 Å². The van der Waals surface area contributed by atoms with Gasteiger partial charge in [-0.1, -0.05) is 74.5 Å². The molecule has 2 aromatic heterocycles. The first-order chi connectivity index (χ1) is 34.4. The molecule has 3 aliphatic heterocycles. The number of hydrogen-bond acceptors (Lipinski definition) is 12. The van der Waals surface area contributed by atoms with Crippen LogP contribution in [0.4, 0.5) is 0 Å². The van der Waals surface area contributed by atoms with E-state index in [9.17, 15) is 29.1 Å². The molecule has 0 spiro atoms. The molecule has 0 bridgehead atoms. The number of likely N-dealkylation sites (tertiary alicyclic amines) is 2. The quantitative estimate of drug-likeness (QED) is 0.0928. The summed E-state index contributed by atoms with van der Waals surface area (Å²) in [5.74, 6) is -1.35. The van der Waals surface area contributed by atoms with Crippen molar-refractivity contribution in [2.75, 3.05) is 20.2 Å². The molecule has 2 fully saturated rings. The van der Waals surface area contributed by atoms with Crippen LogP contribution in [0.3, 0.4) is 0 Å². The lowest BCUT2D eigenvalue weighted by Crippen LogP contribution is -2.55. The molecule has 2 saturated heterocycles. The molecule has 3 aliphatic rings. The number of carbonyl (C=O) groups excluding carboxylic acids is 5. The van der Waals surface area contributed by atoms with Crippen LogP contribution in [-0.4, -0.2) is 109 Å². The van der Waals surface area contributed by atoms with Gasteiger partial charge in [-0.05, 0) is 91.8 Å². The molecular formula is C55H59N7O8S2. The number of ether oxygens (including phenoxy) is 2. The standard InChI is InChI=1S/C55H59N7O8S2/c1-32(2)46(52(66)61-29-54(5,68)24-45(61)49(63)56-25-35-11-15-37(16-12-35)47-33(3)58-30-71-47)60-27-40-19-20-42(22-44(40)51(60)65)70-43-23-55(6,62(28-43)50(64)39-9-8-10-41(21-39)69-7)53(67)57-26-36-13-17-38(18-14-36)48-34(4)59-31-72-48/h8-22,30-32,43,45-46,68H,23-29H2,1-7H3,(H,56,63)(H,57,67)/t43-,45+,46+,54+,55?/m1/s1. The minimum absolute atomic E-state index is 0.0421. The Kier molecular flexibility index (Phi) is 14.1. The number of aryl methyl sites for hydroxylation is 2. The highest BCUT2D eigenvalue weighted by atomic mass is 32.1. The van der Waals surface area contributed by atoms with Crippen molar-refractivity contribution in [3.63, 3.8) is 0 Å². The highest BCUT2D eigenvalue weighted by molar-refractivity contribution is 7.13.